The Kier molecular flexibility index (Phi) is 4.39. The lowest BCUT2D eigenvalue weighted by Crippen LogP contribution is -2.25. The number of hydrogen-bond donors (Lipinski definition) is 0. The molecule has 3 heterocycles. The van der Waals surface area contributed by atoms with Gasteiger partial charge in [-0.05, 0) is 37.5 Å². The highest BCUT2D eigenvalue weighted by molar-refractivity contribution is 5.82. The predicted octanol–water partition coefficient (Wildman–Crippen LogP) is 3.67. The lowest BCUT2D eigenvalue weighted by atomic mass is 10.1. The highest BCUT2D eigenvalue weighted by Crippen LogP contribution is 2.23. The fourth-order valence-corrected chi connectivity index (χ4v) is 4.06. The third-order valence-corrected chi connectivity index (χ3v) is 5.53. The van der Waals surface area contributed by atoms with Crippen LogP contribution in [0, 0.1) is 6.92 Å². The number of nitrogens with zero attached hydrogens (tertiary/aromatic N) is 5. The third-order valence-electron chi connectivity index (χ3n) is 5.53. The van der Waals surface area contributed by atoms with Gasteiger partial charge in [0.15, 0.2) is 0 Å². The van der Waals surface area contributed by atoms with Gasteiger partial charge in [-0.1, -0.05) is 54.1 Å². The average molecular weight is 385 g/mol. The average Bonchev–Trinajstić information content (AvgIpc) is 3.41. The Bertz CT molecular complexity index is 1260. The van der Waals surface area contributed by atoms with Crippen LogP contribution < -0.4 is 10.5 Å². The van der Waals surface area contributed by atoms with Crippen molar-refractivity contribution in [1.82, 2.24) is 19.2 Å². The molecule has 146 valence electrons. The molecule has 2 aromatic carbocycles. The van der Waals surface area contributed by atoms with E-state index < -0.39 is 0 Å². The molecule has 0 radical (unpaired) electrons. The lowest BCUT2D eigenvalue weighted by molar-refractivity contribution is 0.786. The Balaban J connectivity index is 1.68. The molecule has 5 rings (SSSR count). The van der Waals surface area contributed by atoms with Gasteiger partial charge >= 0.3 is 0 Å². The van der Waals surface area contributed by atoms with E-state index in [0.29, 0.717) is 17.7 Å². The van der Waals surface area contributed by atoms with E-state index in [9.17, 15) is 4.79 Å². The molecule has 1 saturated heterocycles. The first-order chi connectivity index (χ1) is 14.2. The first-order valence-corrected chi connectivity index (χ1v) is 10.1. The summed E-state index contributed by atoms with van der Waals surface area (Å²) in [7, 11) is 0. The van der Waals surface area contributed by atoms with Crippen LogP contribution in [0.1, 0.15) is 24.0 Å². The normalized spacial score (nSPS) is 14.6. The standard InChI is InChI=1S/C23H23N5O/c1-17-11-12-20-19(16-17)21(29)27(15-7-10-18-8-3-2-4-9-18)23-25-24-22(28(20)23)26-13-5-6-14-26/h2-4,7-12,16H,5-6,13-15H2,1H3. The van der Waals surface area contributed by atoms with Crippen molar-refractivity contribution in [2.75, 3.05) is 18.0 Å². The van der Waals surface area contributed by atoms with Crippen molar-refractivity contribution in [2.45, 2.75) is 26.3 Å². The van der Waals surface area contributed by atoms with Gasteiger partial charge in [-0.2, -0.15) is 0 Å². The minimum Gasteiger partial charge on any atom is -0.341 e. The summed E-state index contributed by atoms with van der Waals surface area (Å²) in [5, 5.41) is 9.60. The monoisotopic (exact) mass is 385 g/mol. The van der Waals surface area contributed by atoms with E-state index in [1.807, 2.05) is 72.0 Å². The Morgan fingerprint density at radius 2 is 1.83 bits per heavy atom. The van der Waals surface area contributed by atoms with Gasteiger partial charge in [0.25, 0.3) is 5.56 Å². The molecule has 1 aliphatic heterocycles. The van der Waals surface area contributed by atoms with Crippen molar-refractivity contribution in [3.63, 3.8) is 0 Å². The topological polar surface area (TPSA) is 55.4 Å². The number of benzene rings is 2. The van der Waals surface area contributed by atoms with E-state index in [0.717, 1.165) is 48.5 Å². The maximum absolute atomic E-state index is 13.3. The van der Waals surface area contributed by atoms with E-state index >= 15 is 0 Å². The highest BCUT2D eigenvalue weighted by Gasteiger charge is 2.22. The maximum Gasteiger partial charge on any atom is 0.263 e. The Labute approximate surface area is 168 Å². The van der Waals surface area contributed by atoms with E-state index in [2.05, 4.69) is 15.1 Å². The van der Waals surface area contributed by atoms with Crippen molar-refractivity contribution in [3.05, 3.63) is 76.1 Å². The SMILES string of the molecule is Cc1ccc2c(c1)c(=O)n(CC=Cc1ccccc1)c1nnc(N3CCCC3)n21. The summed E-state index contributed by atoms with van der Waals surface area (Å²) < 4.78 is 3.76. The maximum atomic E-state index is 13.3. The second-order valence-electron chi connectivity index (χ2n) is 7.58. The molecule has 0 aliphatic carbocycles. The van der Waals surface area contributed by atoms with Crippen molar-refractivity contribution < 1.29 is 0 Å². The summed E-state index contributed by atoms with van der Waals surface area (Å²) in [4.78, 5) is 15.6. The van der Waals surface area contributed by atoms with Crippen LogP contribution in [0.25, 0.3) is 22.8 Å². The Morgan fingerprint density at radius 3 is 2.62 bits per heavy atom. The van der Waals surface area contributed by atoms with Gasteiger partial charge in [0.1, 0.15) is 0 Å². The number of fused-ring (bicyclic) bond motifs is 3. The Hall–Kier alpha value is -3.41. The molecule has 2 aromatic heterocycles. The van der Waals surface area contributed by atoms with E-state index in [1.165, 1.54) is 0 Å². The largest absolute Gasteiger partial charge is 0.341 e. The minimum atomic E-state index is -0.0331. The van der Waals surface area contributed by atoms with E-state index in [1.54, 1.807) is 4.57 Å². The molecular weight excluding hydrogens is 362 g/mol. The van der Waals surface area contributed by atoms with Gasteiger partial charge in [-0.3, -0.25) is 9.36 Å². The van der Waals surface area contributed by atoms with Gasteiger partial charge in [0, 0.05) is 19.6 Å². The molecule has 0 amide bonds. The molecule has 0 unspecified atom stereocenters. The molecule has 1 fully saturated rings. The van der Waals surface area contributed by atoms with Crippen molar-refractivity contribution in [2.24, 2.45) is 0 Å². The fraction of sp³-hybridized carbons (Fsp3) is 0.261. The minimum absolute atomic E-state index is 0.0331. The van der Waals surface area contributed by atoms with Gasteiger partial charge in [-0.15, -0.1) is 10.2 Å². The molecule has 0 spiro atoms. The predicted molar refractivity (Wildman–Crippen MR) is 116 cm³/mol. The summed E-state index contributed by atoms with van der Waals surface area (Å²) in [5.41, 5.74) is 3.00. The summed E-state index contributed by atoms with van der Waals surface area (Å²) in [5.74, 6) is 1.41. The van der Waals surface area contributed by atoms with Crippen LogP contribution in [-0.2, 0) is 6.54 Å². The fourth-order valence-electron chi connectivity index (χ4n) is 4.06. The number of rotatable bonds is 4. The van der Waals surface area contributed by atoms with Crippen molar-refractivity contribution in [3.8, 4) is 0 Å². The summed E-state index contributed by atoms with van der Waals surface area (Å²) in [6.45, 7) is 4.40. The molecule has 0 atom stereocenters. The molecule has 6 heteroatoms. The van der Waals surface area contributed by atoms with Gasteiger partial charge < -0.3 is 4.90 Å². The van der Waals surface area contributed by atoms with Crippen LogP contribution in [-0.4, -0.2) is 32.3 Å². The van der Waals surface area contributed by atoms with Crippen LogP contribution in [0.2, 0.25) is 0 Å². The number of anilines is 1. The second-order valence-corrected chi connectivity index (χ2v) is 7.58. The van der Waals surface area contributed by atoms with Gasteiger partial charge in [0.2, 0.25) is 11.7 Å². The molecule has 0 N–H and O–H groups in total. The van der Waals surface area contributed by atoms with Crippen LogP contribution in [0.4, 0.5) is 5.95 Å². The molecule has 4 aromatic rings. The number of aryl methyl sites for hydroxylation is 1. The highest BCUT2D eigenvalue weighted by atomic mass is 16.1. The van der Waals surface area contributed by atoms with E-state index in [4.69, 9.17) is 0 Å². The summed E-state index contributed by atoms with van der Waals surface area (Å²) in [6, 6.07) is 16.1. The summed E-state index contributed by atoms with van der Waals surface area (Å²) in [6.07, 6.45) is 6.35. The molecule has 0 bridgehead atoms. The second kappa shape index (κ2) is 7.20. The van der Waals surface area contributed by atoms with Crippen molar-refractivity contribution in [1.29, 1.82) is 0 Å². The van der Waals surface area contributed by atoms with Crippen LogP contribution >= 0.6 is 0 Å². The van der Waals surface area contributed by atoms with Crippen LogP contribution in [0.15, 0.2) is 59.4 Å². The molecule has 29 heavy (non-hydrogen) atoms. The van der Waals surface area contributed by atoms with Crippen LogP contribution in [0.3, 0.4) is 0 Å². The van der Waals surface area contributed by atoms with Gasteiger partial charge in [-0.25, -0.2) is 4.40 Å². The van der Waals surface area contributed by atoms with Gasteiger partial charge in [0.05, 0.1) is 10.9 Å². The first kappa shape index (κ1) is 17.7. The zero-order valence-electron chi connectivity index (χ0n) is 16.5. The van der Waals surface area contributed by atoms with Crippen molar-refractivity contribution >= 4 is 28.7 Å². The Morgan fingerprint density at radius 1 is 1.03 bits per heavy atom. The van der Waals surface area contributed by atoms with E-state index in [-0.39, 0.29) is 5.56 Å². The third kappa shape index (κ3) is 3.10. The number of allylic oxidation sites excluding steroid dienone is 1. The number of hydrogen-bond acceptors (Lipinski definition) is 4. The zero-order valence-corrected chi connectivity index (χ0v) is 16.5. The lowest BCUT2D eigenvalue weighted by Gasteiger charge is -2.16. The molecular formula is C23H23N5O. The quantitative estimate of drug-likeness (QED) is 0.538. The molecule has 0 saturated carbocycles. The smallest absolute Gasteiger partial charge is 0.263 e. The van der Waals surface area contributed by atoms with Crippen LogP contribution in [0.5, 0.6) is 0 Å². The summed E-state index contributed by atoms with van der Waals surface area (Å²) >= 11 is 0. The molecule has 1 aliphatic rings. The number of aromatic nitrogens is 4. The zero-order chi connectivity index (χ0) is 19.8. The molecule has 6 nitrogen and oxygen atoms in total. The first-order valence-electron chi connectivity index (χ1n) is 10.1.